The van der Waals surface area contributed by atoms with Crippen LogP contribution in [0.4, 0.5) is 0 Å². The monoisotopic (exact) mass is 157 g/mol. The van der Waals surface area contributed by atoms with Gasteiger partial charge in [0, 0.05) is 12.6 Å². The molecule has 0 radical (unpaired) electrons. The molecule has 0 fully saturated rings. The maximum Gasteiger partial charge on any atom is 0.0711 e. The average molecular weight is 157 g/mol. The summed E-state index contributed by atoms with van der Waals surface area (Å²) in [5.41, 5.74) is 2.27. The molecule has 0 aliphatic heterocycles. The molecule has 0 unspecified atom stereocenters. The van der Waals surface area contributed by atoms with E-state index in [1.165, 1.54) is 5.56 Å². The minimum atomic E-state index is 1.04. The zero-order chi connectivity index (χ0) is 8.81. The number of nitrogens with zero attached hydrogens (tertiary/aromatic N) is 1. The van der Waals surface area contributed by atoms with Gasteiger partial charge in [-0.25, -0.2) is 0 Å². The topological polar surface area (TPSA) is 12.4 Å². The van der Waals surface area contributed by atoms with E-state index in [0.29, 0.717) is 0 Å². The van der Waals surface area contributed by atoms with E-state index in [4.69, 9.17) is 0 Å². The Hall–Kier alpha value is -1.55. The molecule has 1 rings (SSSR count). The summed E-state index contributed by atoms with van der Waals surface area (Å²) in [6.07, 6.45) is 1.60. The maximum absolute atomic E-state index is 3.77. The molecule has 12 heavy (non-hydrogen) atoms. The van der Waals surface area contributed by atoms with Gasteiger partial charge in [-0.1, -0.05) is 18.1 Å². The molecule has 0 bridgehead atoms. The second-order valence-corrected chi connectivity index (χ2v) is 2.53. The van der Waals surface area contributed by atoms with Crippen LogP contribution in [-0.2, 0) is 0 Å². The van der Waals surface area contributed by atoms with Crippen molar-refractivity contribution in [1.82, 2.24) is 0 Å². The molecule has 0 amide bonds. The summed E-state index contributed by atoms with van der Waals surface area (Å²) in [5, 5.41) is 0. The van der Waals surface area contributed by atoms with E-state index >= 15 is 0 Å². The molecule has 0 atom stereocenters. The fourth-order valence-electron chi connectivity index (χ4n) is 0.903. The molecular formula is C11H11N. The predicted molar refractivity (Wildman–Crippen MR) is 52.5 cm³/mol. The van der Waals surface area contributed by atoms with Gasteiger partial charge in [0.15, 0.2) is 0 Å². The fraction of sp³-hybridized carbons (Fsp3) is 0.182. The Morgan fingerprint density at radius 1 is 1.42 bits per heavy atom. The first kappa shape index (κ1) is 8.55. The lowest BCUT2D eigenvalue weighted by molar-refractivity contribution is 1.45. The first-order valence-corrected chi connectivity index (χ1v) is 3.82. The molecule has 0 aliphatic carbocycles. The molecule has 1 nitrogen and oxygen atoms in total. The zero-order valence-corrected chi connectivity index (χ0v) is 7.33. The first-order chi connectivity index (χ1) is 5.83. The molecule has 0 N–H and O–H groups in total. The third-order valence-corrected chi connectivity index (χ3v) is 1.43. The number of hydrogen-bond acceptors (Lipinski definition) is 1. The van der Waals surface area contributed by atoms with Crippen LogP contribution in [0, 0.1) is 18.8 Å². The Labute approximate surface area is 73.2 Å². The molecule has 0 saturated heterocycles. The molecule has 0 spiro atoms. The van der Waals surface area contributed by atoms with Gasteiger partial charge in [0.1, 0.15) is 0 Å². The lowest BCUT2D eigenvalue weighted by Gasteiger charge is -1.90. The maximum atomic E-state index is 3.77. The fourth-order valence-corrected chi connectivity index (χ4v) is 0.903. The van der Waals surface area contributed by atoms with Crippen LogP contribution in [0.1, 0.15) is 11.1 Å². The summed E-state index contributed by atoms with van der Waals surface area (Å²) in [6, 6.07) is 8.10. The summed E-state index contributed by atoms with van der Waals surface area (Å²) in [6.45, 7) is 2.05. The second-order valence-electron chi connectivity index (χ2n) is 2.53. The molecule has 60 valence electrons. The standard InChI is InChI=1S/C11H11N/c1-10-5-3-6-11(9-10)7-4-8-12-2/h3,5-6,8-9H,1-2H3/b12-8+. The Morgan fingerprint density at radius 3 is 2.92 bits per heavy atom. The van der Waals surface area contributed by atoms with Crippen molar-refractivity contribution in [2.24, 2.45) is 4.99 Å². The molecule has 0 heterocycles. The van der Waals surface area contributed by atoms with Crippen molar-refractivity contribution >= 4 is 6.21 Å². The van der Waals surface area contributed by atoms with Gasteiger partial charge in [-0.2, -0.15) is 0 Å². The SMILES string of the molecule is C/N=C/C#Cc1cccc(C)c1. The van der Waals surface area contributed by atoms with E-state index in [9.17, 15) is 0 Å². The smallest absolute Gasteiger partial charge is 0.0711 e. The number of rotatable bonds is 0. The van der Waals surface area contributed by atoms with E-state index in [2.05, 4.69) is 35.9 Å². The van der Waals surface area contributed by atoms with Crippen molar-refractivity contribution < 1.29 is 0 Å². The largest absolute Gasteiger partial charge is 0.288 e. The molecule has 1 aromatic rings. The molecule has 0 aliphatic rings. The van der Waals surface area contributed by atoms with Crippen molar-refractivity contribution in [3.63, 3.8) is 0 Å². The van der Waals surface area contributed by atoms with Crippen LogP contribution in [0.2, 0.25) is 0 Å². The Kier molecular flexibility index (Phi) is 3.10. The molecular weight excluding hydrogens is 146 g/mol. The van der Waals surface area contributed by atoms with Gasteiger partial charge in [-0.3, -0.25) is 4.99 Å². The van der Waals surface area contributed by atoms with Crippen LogP contribution in [0.15, 0.2) is 29.3 Å². The minimum Gasteiger partial charge on any atom is -0.288 e. The van der Waals surface area contributed by atoms with Gasteiger partial charge >= 0.3 is 0 Å². The first-order valence-electron chi connectivity index (χ1n) is 3.82. The van der Waals surface area contributed by atoms with Crippen molar-refractivity contribution in [3.8, 4) is 11.8 Å². The lowest BCUT2D eigenvalue weighted by atomic mass is 10.1. The van der Waals surface area contributed by atoms with Gasteiger partial charge in [0.25, 0.3) is 0 Å². The third-order valence-electron chi connectivity index (χ3n) is 1.43. The van der Waals surface area contributed by atoms with Crippen molar-refractivity contribution in [3.05, 3.63) is 35.4 Å². The van der Waals surface area contributed by atoms with E-state index in [1.54, 1.807) is 13.3 Å². The van der Waals surface area contributed by atoms with E-state index in [-0.39, 0.29) is 0 Å². The quantitative estimate of drug-likeness (QED) is 0.403. The van der Waals surface area contributed by atoms with Crippen LogP contribution in [0.25, 0.3) is 0 Å². The van der Waals surface area contributed by atoms with Crippen LogP contribution >= 0.6 is 0 Å². The summed E-state index contributed by atoms with van der Waals surface area (Å²) < 4.78 is 0. The van der Waals surface area contributed by atoms with E-state index < -0.39 is 0 Å². The average Bonchev–Trinajstić information content (AvgIpc) is 2.05. The van der Waals surface area contributed by atoms with Crippen LogP contribution in [0.3, 0.4) is 0 Å². The number of benzene rings is 1. The third kappa shape index (κ3) is 2.59. The summed E-state index contributed by atoms with van der Waals surface area (Å²) in [7, 11) is 1.71. The van der Waals surface area contributed by atoms with E-state index in [0.717, 1.165) is 5.56 Å². The highest BCUT2D eigenvalue weighted by atomic mass is 14.6. The van der Waals surface area contributed by atoms with Crippen LogP contribution < -0.4 is 0 Å². The zero-order valence-electron chi connectivity index (χ0n) is 7.33. The molecule has 0 saturated carbocycles. The number of aliphatic imine (C=N–C) groups is 1. The minimum absolute atomic E-state index is 1.04. The highest BCUT2D eigenvalue weighted by Gasteiger charge is 1.84. The molecule has 0 aromatic heterocycles. The Balaban J connectivity index is 2.85. The summed E-state index contributed by atoms with van der Waals surface area (Å²) in [4.78, 5) is 3.77. The van der Waals surface area contributed by atoms with Crippen LogP contribution in [0.5, 0.6) is 0 Å². The second kappa shape index (κ2) is 4.35. The Bertz CT molecular complexity index is 340. The highest BCUT2D eigenvalue weighted by molar-refractivity contribution is 5.79. The van der Waals surface area contributed by atoms with Gasteiger partial charge in [0.05, 0.1) is 6.21 Å². The van der Waals surface area contributed by atoms with Crippen molar-refractivity contribution in [1.29, 1.82) is 0 Å². The van der Waals surface area contributed by atoms with Gasteiger partial charge in [0.2, 0.25) is 0 Å². The summed E-state index contributed by atoms with van der Waals surface area (Å²) in [5.74, 6) is 5.82. The van der Waals surface area contributed by atoms with Gasteiger partial charge < -0.3 is 0 Å². The van der Waals surface area contributed by atoms with Gasteiger partial charge in [-0.05, 0) is 30.5 Å². The number of hydrogen-bond donors (Lipinski definition) is 0. The lowest BCUT2D eigenvalue weighted by Crippen LogP contribution is -1.76. The van der Waals surface area contributed by atoms with Crippen molar-refractivity contribution in [2.75, 3.05) is 7.05 Å². The molecule has 1 aromatic carbocycles. The van der Waals surface area contributed by atoms with Crippen molar-refractivity contribution in [2.45, 2.75) is 6.92 Å². The normalized spacial score (nSPS) is 9.50. The molecule has 1 heteroatoms. The number of aryl methyl sites for hydroxylation is 1. The predicted octanol–water partition coefficient (Wildman–Crippen LogP) is 2.05. The Morgan fingerprint density at radius 2 is 2.25 bits per heavy atom. The van der Waals surface area contributed by atoms with Crippen LogP contribution in [-0.4, -0.2) is 13.3 Å². The van der Waals surface area contributed by atoms with Gasteiger partial charge in [-0.15, -0.1) is 0 Å². The summed E-state index contributed by atoms with van der Waals surface area (Å²) >= 11 is 0. The highest BCUT2D eigenvalue weighted by Crippen LogP contribution is 2.01. The van der Waals surface area contributed by atoms with E-state index in [1.807, 2.05) is 12.1 Å².